The SMILES string of the molecule is CCCCC(CC)CC(NCC)C1CCCCC1(C)C. The summed E-state index contributed by atoms with van der Waals surface area (Å²) in [5, 5.41) is 3.85. The third-order valence-electron chi connectivity index (χ3n) is 5.67. The van der Waals surface area contributed by atoms with Crippen LogP contribution in [0.3, 0.4) is 0 Å². The van der Waals surface area contributed by atoms with E-state index in [0.717, 1.165) is 24.4 Å². The molecule has 1 N–H and O–H groups in total. The van der Waals surface area contributed by atoms with E-state index >= 15 is 0 Å². The zero-order valence-electron chi connectivity index (χ0n) is 14.8. The second kappa shape index (κ2) is 9.07. The van der Waals surface area contributed by atoms with Crippen molar-refractivity contribution in [1.29, 1.82) is 0 Å². The minimum atomic E-state index is 0.536. The first-order valence-corrected chi connectivity index (χ1v) is 9.28. The van der Waals surface area contributed by atoms with E-state index in [1.807, 2.05) is 0 Å². The summed E-state index contributed by atoms with van der Waals surface area (Å²) in [5.74, 6) is 1.81. The predicted octanol–water partition coefficient (Wildman–Crippen LogP) is 5.79. The van der Waals surface area contributed by atoms with Crippen LogP contribution in [-0.2, 0) is 0 Å². The first-order valence-electron chi connectivity index (χ1n) is 9.28. The molecule has 0 aromatic carbocycles. The highest BCUT2D eigenvalue weighted by molar-refractivity contribution is 4.91. The molecule has 1 rings (SSSR count). The molecule has 1 nitrogen and oxygen atoms in total. The number of hydrogen-bond donors (Lipinski definition) is 1. The highest BCUT2D eigenvalue weighted by Gasteiger charge is 2.37. The topological polar surface area (TPSA) is 12.0 Å². The van der Waals surface area contributed by atoms with Crippen LogP contribution in [0.2, 0.25) is 0 Å². The highest BCUT2D eigenvalue weighted by Crippen LogP contribution is 2.43. The van der Waals surface area contributed by atoms with Gasteiger partial charge in [0.25, 0.3) is 0 Å². The van der Waals surface area contributed by atoms with E-state index in [4.69, 9.17) is 0 Å². The van der Waals surface area contributed by atoms with Gasteiger partial charge in [0.15, 0.2) is 0 Å². The Balaban J connectivity index is 2.66. The number of unbranched alkanes of at least 4 members (excludes halogenated alkanes) is 1. The number of nitrogens with one attached hydrogen (secondary N) is 1. The van der Waals surface area contributed by atoms with Gasteiger partial charge in [0, 0.05) is 6.04 Å². The molecule has 1 saturated carbocycles. The average molecular weight is 282 g/mol. The maximum Gasteiger partial charge on any atom is 0.0103 e. The Morgan fingerprint density at radius 3 is 2.45 bits per heavy atom. The molecule has 3 atom stereocenters. The zero-order valence-corrected chi connectivity index (χ0v) is 14.8. The van der Waals surface area contributed by atoms with Crippen LogP contribution in [0.15, 0.2) is 0 Å². The molecule has 0 aromatic heterocycles. The molecule has 120 valence electrons. The van der Waals surface area contributed by atoms with Crippen LogP contribution < -0.4 is 5.32 Å². The maximum absolute atomic E-state index is 3.85. The van der Waals surface area contributed by atoms with Crippen molar-refractivity contribution in [3.8, 4) is 0 Å². The molecule has 3 unspecified atom stereocenters. The monoisotopic (exact) mass is 281 g/mol. The molecule has 1 heteroatoms. The lowest BCUT2D eigenvalue weighted by Crippen LogP contribution is -2.45. The van der Waals surface area contributed by atoms with Gasteiger partial charge in [-0.25, -0.2) is 0 Å². The van der Waals surface area contributed by atoms with Crippen molar-refractivity contribution >= 4 is 0 Å². The minimum Gasteiger partial charge on any atom is -0.314 e. The summed E-state index contributed by atoms with van der Waals surface area (Å²) in [6.45, 7) is 13.1. The van der Waals surface area contributed by atoms with Crippen LogP contribution in [0.5, 0.6) is 0 Å². The molecule has 0 heterocycles. The van der Waals surface area contributed by atoms with E-state index in [-0.39, 0.29) is 0 Å². The Kier molecular flexibility index (Phi) is 8.17. The van der Waals surface area contributed by atoms with Crippen molar-refractivity contribution in [2.45, 2.75) is 98.4 Å². The molecule has 0 aliphatic heterocycles. The average Bonchev–Trinajstić information content (AvgIpc) is 2.42. The summed E-state index contributed by atoms with van der Waals surface area (Å²) in [6.07, 6.45) is 12.7. The van der Waals surface area contributed by atoms with Crippen LogP contribution in [0.1, 0.15) is 92.4 Å². The Morgan fingerprint density at radius 2 is 1.90 bits per heavy atom. The molecule has 0 amide bonds. The van der Waals surface area contributed by atoms with Gasteiger partial charge in [0.05, 0.1) is 0 Å². The fourth-order valence-corrected chi connectivity index (χ4v) is 4.26. The zero-order chi connectivity index (χ0) is 15.0. The Bertz CT molecular complexity index is 246. The number of rotatable bonds is 9. The molecule has 0 spiro atoms. The molecular formula is C19H39N. The summed E-state index contributed by atoms with van der Waals surface area (Å²) in [5.41, 5.74) is 0.536. The molecule has 20 heavy (non-hydrogen) atoms. The summed E-state index contributed by atoms with van der Waals surface area (Å²) >= 11 is 0. The number of hydrogen-bond acceptors (Lipinski definition) is 1. The molecule has 0 radical (unpaired) electrons. The summed E-state index contributed by atoms with van der Waals surface area (Å²) in [4.78, 5) is 0. The molecular weight excluding hydrogens is 242 g/mol. The lowest BCUT2D eigenvalue weighted by molar-refractivity contribution is 0.0867. The first-order chi connectivity index (χ1) is 9.55. The van der Waals surface area contributed by atoms with E-state index in [1.54, 1.807) is 0 Å². The van der Waals surface area contributed by atoms with Gasteiger partial charge in [-0.15, -0.1) is 0 Å². The van der Waals surface area contributed by atoms with Crippen LogP contribution in [0, 0.1) is 17.3 Å². The van der Waals surface area contributed by atoms with Gasteiger partial charge >= 0.3 is 0 Å². The Labute approximate surface area is 128 Å². The largest absolute Gasteiger partial charge is 0.314 e. The van der Waals surface area contributed by atoms with E-state index in [1.165, 1.54) is 57.8 Å². The fourth-order valence-electron chi connectivity index (χ4n) is 4.26. The standard InChI is InChI=1S/C19H39N/c1-6-9-12-16(7-2)15-18(20-8-3)17-13-10-11-14-19(17,4)5/h16-18,20H,6-15H2,1-5H3. The summed E-state index contributed by atoms with van der Waals surface area (Å²) < 4.78 is 0. The van der Waals surface area contributed by atoms with Crippen LogP contribution in [-0.4, -0.2) is 12.6 Å². The third kappa shape index (κ3) is 5.39. The van der Waals surface area contributed by atoms with E-state index in [2.05, 4.69) is 39.9 Å². The summed E-state index contributed by atoms with van der Waals surface area (Å²) in [7, 11) is 0. The molecule has 1 aliphatic rings. The van der Waals surface area contributed by atoms with E-state index < -0.39 is 0 Å². The molecule has 1 fully saturated rings. The van der Waals surface area contributed by atoms with Crippen LogP contribution >= 0.6 is 0 Å². The van der Waals surface area contributed by atoms with Gasteiger partial charge < -0.3 is 5.32 Å². The second-order valence-corrected chi connectivity index (χ2v) is 7.66. The quantitative estimate of drug-likeness (QED) is 0.564. The Hall–Kier alpha value is -0.0400. The van der Waals surface area contributed by atoms with Gasteiger partial charge in [-0.3, -0.25) is 0 Å². The van der Waals surface area contributed by atoms with E-state index in [9.17, 15) is 0 Å². The van der Waals surface area contributed by atoms with Gasteiger partial charge in [0.2, 0.25) is 0 Å². The Morgan fingerprint density at radius 1 is 1.15 bits per heavy atom. The highest BCUT2D eigenvalue weighted by atomic mass is 14.9. The van der Waals surface area contributed by atoms with Crippen molar-refractivity contribution < 1.29 is 0 Å². The second-order valence-electron chi connectivity index (χ2n) is 7.66. The molecule has 1 aliphatic carbocycles. The van der Waals surface area contributed by atoms with Crippen molar-refractivity contribution in [2.75, 3.05) is 6.54 Å². The summed E-state index contributed by atoms with van der Waals surface area (Å²) in [6, 6.07) is 0.747. The minimum absolute atomic E-state index is 0.536. The van der Waals surface area contributed by atoms with Crippen molar-refractivity contribution in [3.05, 3.63) is 0 Å². The van der Waals surface area contributed by atoms with Crippen molar-refractivity contribution in [2.24, 2.45) is 17.3 Å². The molecule has 0 bridgehead atoms. The van der Waals surface area contributed by atoms with E-state index in [0.29, 0.717) is 5.41 Å². The fraction of sp³-hybridized carbons (Fsp3) is 1.00. The smallest absolute Gasteiger partial charge is 0.0103 e. The lowest BCUT2D eigenvalue weighted by atomic mass is 9.64. The molecule has 0 aromatic rings. The third-order valence-corrected chi connectivity index (χ3v) is 5.67. The van der Waals surface area contributed by atoms with Crippen LogP contribution in [0.25, 0.3) is 0 Å². The predicted molar refractivity (Wildman–Crippen MR) is 91.1 cm³/mol. The van der Waals surface area contributed by atoms with Crippen molar-refractivity contribution in [1.82, 2.24) is 5.32 Å². The van der Waals surface area contributed by atoms with Gasteiger partial charge in [-0.2, -0.15) is 0 Å². The maximum atomic E-state index is 3.85. The first kappa shape index (κ1) is 18.0. The van der Waals surface area contributed by atoms with Gasteiger partial charge in [0.1, 0.15) is 0 Å². The van der Waals surface area contributed by atoms with Crippen molar-refractivity contribution in [3.63, 3.8) is 0 Å². The van der Waals surface area contributed by atoms with Gasteiger partial charge in [-0.1, -0.05) is 73.1 Å². The van der Waals surface area contributed by atoms with Gasteiger partial charge in [-0.05, 0) is 43.1 Å². The van der Waals surface area contributed by atoms with Crippen LogP contribution in [0.4, 0.5) is 0 Å². The normalized spacial score (nSPS) is 25.4. The lowest BCUT2D eigenvalue weighted by Gasteiger charge is -2.44. The molecule has 0 saturated heterocycles.